The molecule has 0 unspecified atom stereocenters. The fourth-order valence-electron chi connectivity index (χ4n) is 1.73. The number of nitrogens with two attached hydrogens (primary N) is 1. The van der Waals surface area contributed by atoms with Crippen molar-refractivity contribution < 1.29 is 14.6 Å². The minimum absolute atomic E-state index is 0.0317. The average molecular weight is 236 g/mol. The van der Waals surface area contributed by atoms with E-state index in [0.717, 1.165) is 0 Å². The lowest BCUT2D eigenvalue weighted by Gasteiger charge is -2.31. The fourth-order valence-corrected chi connectivity index (χ4v) is 1.73. The lowest BCUT2D eigenvalue weighted by molar-refractivity contribution is -0.125. The van der Waals surface area contributed by atoms with Crippen LogP contribution in [0.5, 0.6) is 5.75 Å². The smallest absolute Gasteiger partial charge is 0.258 e. The minimum Gasteiger partial charge on any atom is -0.484 e. The molecule has 1 saturated carbocycles. The van der Waals surface area contributed by atoms with E-state index >= 15 is 0 Å². The van der Waals surface area contributed by atoms with Crippen molar-refractivity contribution in [3.63, 3.8) is 0 Å². The van der Waals surface area contributed by atoms with Crippen LogP contribution in [0.1, 0.15) is 12.8 Å². The van der Waals surface area contributed by atoms with Crippen molar-refractivity contribution in [3.05, 3.63) is 24.3 Å². The highest BCUT2D eigenvalue weighted by Crippen LogP contribution is 2.19. The van der Waals surface area contributed by atoms with Gasteiger partial charge in [0.05, 0.1) is 6.10 Å². The quantitative estimate of drug-likeness (QED) is 0.656. The fraction of sp³-hybridized carbons (Fsp3) is 0.417. The first-order chi connectivity index (χ1) is 8.13. The Balaban J connectivity index is 1.72. The van der Waals surface area contributed by atoms with Crippen molar-refractivity contribution in [1.29, 1.82) is 0 Å². The van der Waals surface area contributed by atoms with Crippen molar-refractivity contribution in [3.8, 4) is 5.75 Å². The number of carbonyl (C=O) groups excluding carboxylic acids is 1. The van der Waals surface area contributed by atoms with Gasteiger partial charge in [-0.1, -0.05) is 6.07 Å². The Morgan fingerprint density at radius 1 is 1.53 bits per heavy atom. The SMILES string of the molecule is Nc1cccc(OCC(=O)NC2CC(O)C2)c1. The molecule has 0 saturated heterocycles. The Hall–Kier alpha value is -1.75. The molecule has 1 aromatic carbocycles. The zero-order valence-corrected chi connectivity index (χ0v) is 9.43. The number of aliphatic hydroxyl groups is 1. The molecular formula is C12H16N2O3. The molecule has 4 N–H and O–H groups in total. The molecule has 5 nitrogen and oxygen atoms in total. The summed E-state index contributed by atoms with van der Waals surface area (Å²) in [7, 11) is 0. The first-order valence-corrected chi connectivity index (χ1v) is 5.59. The molecular weight excluding hydrogens is 220 g/mol. The average Bonchev–Trinajstić information content (AvgIpc) is 2.24. The third kappa shape index (κ3) is 3.35. The number of aliphatic hydroxyl groups excluding tert-OH is 1. The summed E-state index contributed by atoms with van der Waals surface area (Å²) in [6.45, 7) is -0.0317. The van der Waals surface area contributed by atoms with Crippen LogP contribution < -0.4 is 15.8 Å². The second-order valence-corrected chi connectivity index (χ2v) is 4.25. The topological polar surface area (TPSA) is 84.6 Å². The summed E-state index contributed by atoms with van der Waals surface area (Å²) >= 11 is 0. The second-order valence-electron chi connectivity index (χ2n) is 4.25. The van der Waals surface area contributed by atoms with Crippen LogP contribution in [-0.4, -0.2) is 29.8 Å². The van der Waals surface area contributed by atoms with Gasteiger partial charge >= 0.3 is 0 Å². The molecule has 2 rings (SSSR count). The third-order valence-electron chi connectivity index (χ3n) is 2.71. The van der Waals surface area contributed by atoms with Gasteiger partial charge in [-0.25, -0.2) is 0 Å². The van der Waals surface area contributed by atoms with Crippen LogP contribution in [0.2, 0.25) is 0 Å². The summed E-state index contributed by atoms with van der Waals surface area (Å²) in [4.78, 5) is 11.5. The Bertz CT molecular complexity index is 402. The molecule has 92 valence electrons. The summed E-state index contributed by atoms with van der Waals surface area (Å²) in [5, 5.41) is 11.8. The van der Waals surface area contributed by atoms with Crippen LogP contribution in [0.15, 0.2) is 24.3 Å². The van der Waals surface area contributed by atoms with Crippen LogP contribution in [0.4, 0.5) is 5.69 Å². The molecule has 0 aromatic heterocycles. The number of amides is 1. The second kappa shape index (κ2) is 5.05. The molecule has 1 aliphatic rings. The third-order valence-corrected chi connectivity index (χ3v) is 2.71. The predicted molar refractivity (Wildman–Crippen MR) is 63.5 cm³/mol. The summed E-state index contributed by atoms with van der Waals surface area (Å²) in [6.07, 6.45) is 0.990. The van der Waals surface area contributed by atoms with Gasteiger partial charge in [-0.05, 0) is 25.0 Å². The predicted octanol–water partition coefficient (Wildman–Crippen LogP) is 0.287. The van der Waals surface area contributed by atoms with Gasteiger partial charge in [-0.3, -0.25) is 4.79 Å². The number of hydrogen-bond donors (Lipinski definition) is 3. The summed E-state index contributed by atoms with van der Waals surface area (Å²) < 4.78 is 5.29. The Morgan fingerprint density at radius 2 is 2.29 bits per heavy atom. The highest BCUT2D eigenvalue weighted by atomic mass is 16.5. The van der Waals surface area contributed by atoms with E-state index in [1.165, 1.54) is 0 Å². The molecule has 1 fully saturated rings. The van der Waals surface area contributed by atoms with E-state index in [-0.39, 0.29) is 24.7 Å². The maximum absolute atomic E-state index is 11.5. The van der Waals surface area contributed by atoms with Gasteiger partial charge in [-0.15, -0.1) is 0 Å². The molecule has 0 heterocycles. The van der Waals surface area contributed by atoms with Gasteiger partial charge in [0.2, 0.25) is 0 Å². The van der Waals surface area contributed by atoms with Crippen molar-refractivity contribution in [2.75, 3.05) is 12.3 Å². The van der Waals surface area contributed by atoms with E-state index in [0.29, 0.717) is 24.3 Å². The van der Waals surface area contributed by atoms with E-state index in [9.17, 15) is 4.79 Å². The summed E-state index contributed by atoms with van der Waals surface area (Å²) in [6, 6.07) is 7.02. The molecule has 1 aromatic rings. The van der Waals surface area contributed by atoms with Crippen LogP contribution in [0.3, 0.4) is 0 Å². The largest absolute Gasteiger partial charge is 0.484 e. The molecule has 0 atom stereocenters. The van der Waals surface area contributed by atoms with Crippen molar-refractivity contribution in [2.45, 2.75) is 25.0 Å². The number of ether oxygens (including phenoxy) is 1. The molecule has 1 amide bonds. The number of rotatable bonds is 4. The van der Waals surface area contributed by atoms with E-state index < -0.39 is 0 Å². The molecule has 17 heavy (non-hydrogen) atoms. The Morgan fingerprint density at radius 3 is 2.94 bits per heavy atom. The van der Waals surface area contributed by atoms with Crippen LogP contribution >= 0.6 is 0 Å². The maximum Gasteiger partial charge on any atom is 0.258 e. The van der Waals surface area contributed by atoms with E-state index in [2.05, 4.69) is 5.32 Å². The molecule has 0 radical (unpaired) electrons. The number of nitrogen functional groups attached to an aromatic ring is 1. The first kappa shape index (κ1) is 11.7. The van der Waals surface area contributed by atoms with Gasteiger partial charge in [0.1, 0.15) is 5.75 Å². The van der Waals surface area contributed by atoms with Gasteiger partial charge < -0.3 is 20.9 Å². The molecule has 0 aliphatic heterocycles. The van der Waals surface area contributed by atoms with Crippen molar-refractivity contribution in [2.24, 2.45) is 0 Å². The normalized spacial score (nSPS) is 22.6. The number of anilines is 1. The van der Waals surface area contributed by atoms with Crippen molar-refractivity contribution in [1.82, 2.24) is 5.32 Å². The maximum atomic E-state index is 11.5. The van der Waals surface area contributed by atoms with Crippen LogP contribution in [0, 0.1) is 0 Å². The number of benzene rings is 1. The standard InChI is InChI=1S/C12H16N2O3/c13-8-2-1-3-11(4-8)17-7-12(16)14-9-5-10(15)6-9/h1-4,9-10,15H,5-7,13H2,(H,14,16). The van der Waals surface area contributed by atoms with Gasteiger partial charge in [0.15, 0.2) is 6.61 Å². The van der Waals surface area contributed by atoms with Gasteiger partial charge in [-0.2, -0.15) is 0 Å². The first-order valence-electron chi connectivity index (χ1n) is 5.59. The minimum atomic E-state index is -0.268. The number of nitrogens with one attached hydrogen (secondary N) is 1. The van der Waals surface area contributed by atoms with Crippen LogP contribution in [0.25, 0.3) is 0 Å². The highest BCUT2D eigenvalue weighted by molar-refractivity contribution is 5.78. The molecule has 1 aliphatic carbocycles. The zero-order valence-electron chi connectivity index (χ0n) is 9.43. The van der Waals surface area contributed by atoms with Crippen LogP contribution in [-0.2, 0) is 4.79 Å². The molecule has 5 heteroatoms. The monoisotopic (exact) mass is 236 g/mol. The molecule has 0 spiro atoms. The Kier molecular flexibility index (Phi) is 3.49. The van der Waals surface area contributed by atoms with E-state index in [4.69, 9.17) is 15.6 Å². The number of hydrogen-bond acceptors (Lipinski definition) is 4. The summed E-state index contributed by atoms with van der Waals surface area (Å²) in [5.74, 6) is 0.401. The summed E-state index contributed by atoms with van der Waals surface area (Å²) in [5.41, 5.74) is 6.19. The van der Waals surface area contributed by atoms with E-state index in [1.807, 2.05) is 0 Å². The molecule has 0 bridgehead atoms. The van der Waals surface area contributed by atoms with Gasteiger partial charge in [0, 0.05) is 17.8 Å². The highest BCUT2D eigenvalue weighted by Gasteiger charge is 2.28. The zero-order chi connectivity index (χ0) is 12.3. The van der Waals surface area contributed by atoms with E-state index in [1.54, 1.807) is 24.3 Å². The lowest BCUT2D eigenvalue weighted by atomic mass is 9.89. The van der Waals surface area contributed by atoms with Crippen molar-refractivity contribution >= 4 is 11.6 Å². The lowest BCUT2D eigenvalue weighted by Crippen LogP contribution is -2.48. The Labute approximate surface area is 99.6 Å². The number of carbonyl (C=O) groups is 1. The van der Waals surface area contributed by atoms with Gasteiger partial charge in [0.25, 0.3) is 5.91 Å².